The second kappa shape index (κ2) is 6.04. The smallest absolute Gasteiger partial charge is 0.321 e. The van der Waals surface area contributed by atoms with Crippen molar-refractivity contribution in [2.75, 3.05) is 38.5 Å². The summed E-state index contributed by atoms with van der Waals surface area (Å²) in [5.74, 6) is 0. The summed E-state index contributed by atoms with van der Waals surface area (Å²) < 4.78 is 0. The van der Waals surface area contributed by atoms with Crippen LogP contribution >= 0.6 is 0 Å². The standard InChI is InChI=1S/C14H21N3O2/c1-11(18)12-3-5-13(6-4-12)15-14(19)17-9-7-16(2)8-10-17/h3-6,11,18H,7-10H2,1-2H3,(H,15,19). The molecule has 0 aromatic heterocycles. The zero-order valence-corrected chi connectivity index (χ0v) is 11.5. The SMILES string of the molecule is CC(O)c1ccc(NC(=O)N2CCN(C)CC2)cc1. The molecule has 1 fully saturated rings. The number of hydrogen-bond donors (Lipinski definition) is 2. The van der Waals surface area contributed by atoms with E-state index in [2.05, 4.69) is 17.3 Å². The molecule has 104 valence electrons. The molecule has 2 amide bonds. The average Bonchev–Trinajstić information content (AvgIpc) is 2.40. The Kier molecular flexibility index (Phi) is 4.39. The zero-order valence-electron chi connectivity index (χ0n) is 11.5. The van der Waals surface area contributed by atoms with Crippen molar-refractivity contribution in [2.45, 2.75) is 13.0 Å². The highest BCUT2D eigenvalue weighted by molar-refractivity contribution is 5.89. The molecule has 0 aliphatic carbocycles. The Morgan fingerprint density at radius 2 is 1.79 bits per heavy atom. The van der Waals surface area contributed by atoms with Gasteiger partial charge in [0.2, 0.25) is 0 Å². The summed E-state index contributed by atoms with van der Waals surface area (Å²) in [4.78, 5) is 16.1. The average molecular weight is 263 g/mol. The first-order valence-electron chi connectivity index (χ1n) is 6.59. The Morgan fingerprint density at radius 1 is 1.21 bits per heavy atom. The molecule has 1 saturated heterocycles. The molecule has 2 rings (SSSR count). The molecule has 1 heterocycles. The van der Waals surface area contributed by atoms with Gasteiger partial charge in [-0.1, -0.05) is 12.1 Å². The quantitative estimate of drug-likeness (QED) is 0.850. The lowest BCUT2D eigenvalue weighted by Gasteiger charge is -2.32. The molecule has 1 aliphatic rings. The Hall–Kier alpha value is -1.59. The van der Waals surface area contributed by atoms with Crippen molar-refractivity contribution >= 4 is 11.7 Å². The summed E-state index contributed by atoms with van der Waals surface area (Å²) in [7, 11) is 2.06. The van der Waals surface area contributed by atoms with E-state index in [9.17, 15) is 9.90 Å². The number of amides is 2. The number of nitrogens with one attached hydrogen (secondary N) is 1. The van der Waals surface area contributed by atoms with Crippen LogP contribution in [0.5, 0.6) is 0 Å². The molecule has 1 aliphatic heterocycles. The molecule has 0 saturated carbocycles. The predicted molar refractivity (Wildman–Crippen MR) is 75.2 cm³/mol. The summed E-state index contributed by atoms with van der Waals surface area (Å²) in [6.45, 7) is 5.06. The second-order valence-electron chi connectivity index (χ2n) is 5.02. The highest BCUT2D eigenvalue weighted by Crippen LogP contribution is 2.16. The van der Waals surface area contributed by atoms with Gasteiger partial charge in [-0.15, -0.1) is 0 Å². The van der Waals surface area contributed by atoms with E-state index in [1.165, 1.54) is 0 Å². The summed E-state index contributed by atoms with van der Waals surface area (Å²) in [6.07, 6.45) is -0.484. The van der Waals surface area contributed by atoms with Crippen molar-refractivity contribution < 1.29 is 9.90 Å². The maximum Gasteiger partial charge on any atom is 0.321 e. The largest absolute Gasteiger partial charge is 0.389 e. The van der Waals surface area contributed by atoms with Gasteiger partial charge >= 0.3 is 6.03 Å². The van der Waals surface area contributed by atoms with Gasteiger partial charge in [0.15, 0.2) is 0 Å². The highest BCUT2D eigenvalue weighted by Gasteiger charge is 2.18. The first-order valence-corrected chi connectivity index (χ1v) is 6.59. The van der Waals surface area contributed by atoms with Crippen LogP contribution in [-0.4, -0.2) is 54.2 Å². The molecule has 19 heavy (non-hydrogen) atoms. The van der Waals surface area contributed by atoms with Crippen molar-refractivity contribution in [2.24, 2.45) is 0 Å². The maximum atomic E-state index is 12.0. The summed E-state index contributed by atoms with van der Waals surface area (Å²) in [5.41, 5.74) is 1.60. The van der Waals surface area contributed by atoms with Crippen molar-refractivity contribution in [3.8, 4) is 0 Å². The topological polar surface area (TPSA) is 55.8 Å². The minimum Gasteiger partial charge on any atom is -0.389 e. The van der Waals surface area contributed by atoms with Gasteiger partial charge in [-0.05, 0) is 31.7 Å². The Bertz CT molecular complexity index is 423. The number of benzene rings is 1. The molecule has 1 atom stereocenters. The van der Waals surface area contributed by atoms with Crippen molar-refractivity contribution in [3.05, 3.63) is 29.8 Å². The first kappa shape index (κ1) is 13.8. The van der Waals surface area contributed by atoms with Gasteiger partial charge in [-0.3, -0.25) is 0 Å². The molecule has 1 aromatic rings. The van der Waals surface area contributed by atoms with Gasteiger partial charge in [0.25, 0.3) is 0 Å². The monoisotopic (exact) mass is 263 g/mol. The number of aliphatic hydroxyl groups is 1. The fourth-order valence-electron chi connectivity index (χ4n) is 2.06. The number of hydrogen-bond acceptors (Lipinski definition) is 3. The van der Waals surface area contributed by atoms with Gasteiger partial charge in [-0.25, -0.2) is 4.79 Å². The second-order valence-corrected chi connectivity index (χ2v) is 5.02. The van der Waals surface area contributed by atoms with Crippen LogP contribution in [0.3, 0.4) is 0 Å². The number of carbonyl (C=O) groups excluding carboxylic acids is 1. The van der Waals surface area contributed by atoms with Crippen LogP contribution in [0.15, 0.2) is 24.3 Å². The van der Waals surface area contributed by atoms with Crippen molar-refractivity contribution in [1.29, 1.82) is 0 Å². The molecule has 2 N–H and O–H groups in total. The van der Waals surface area contributed by atoms with E-state index in [1.807, 2.05) is 29.2 Å². The number of rotatable bonds is 2. The Balaban J connectivity index is 1.91. The minimum absolute atomic E-state index is 0.0575. The third-order valence-corrected chi connectivity index (χ3v) is 3.43. The van der Waals surface area contributed by atoms with Crippen LogP contribution in [-0.2, 0) is 0 Å². The number of carbonyl (C=O) groups is 1. The molecular weight excluding hydrogens is 242 g/mol. The number of urea groups is 1. The van der Waals surface area contributed by atoms with Crippen molar-refractivity contribution in [3.63, 3.8) is 0 Å². The molecule has 1 aromatic carbocycles. The molecule has 0 radical (unpaired) electrons. The number of likely N-dealkylation sites (N-methyl/N-ethyl adjacent to an activating group) is 1. The molecule has 5 heteroatoms. The molecule has 0 bridgehead atoms. The van der Waals surface area contributed by atoms with E-state index >= 15 is 0 Å². The lowest BCUT2D eigenvalue weighted by atomic mass is 10.1. The third kappa shape index (κ3) is 3.68. The van der Waals surface area contributed by atoms with Gasteiger partial charge in [-0.2, -0.15) is 0 Å². The van der Waals surface area contributed by atoms with Crippen LogP contribution in [0.1, 0.15) is 18.6 Å². The molecule has 5 nitrogen and oxygen atoms in total. The fourth-order valence-corrected chi connectivity index (χ4v) is 2.06. The maximum absolute atomic E-state index is 12.0. The normalized spacial score (nSPS) is 18.2. The summed E-state index contributed by atoms with van der Waals surface area (Å²) >= 11 is 0. The van der Waals surface area contributed by atoms with Gasteiger partial charge in [0.1, 0.15) is 0 Å². The van der Waals surface area contributed by atoms with E-state index in [0.717, 1.165) is 37.4 Å². The fraction of sp³-hybridized carbons (Fsp3) is 0.500. The Labute approximate surface area is 113 Å². The van der Waals surface area contributed by atoms with Crippen LogP contribution < -0.4 is 5.32 Å². The van der Waals surface area contributed by atoms with Crippen LogP contribution in [0.25, 0.3) is 0 Å². The van der Waals surface area contributed by atoms with Crippen LogP contribution in [0.4, 0.5) is 10.5 Å². The molecule has 1 unspecified atom stereocenters. The van der Waals surface area contributed by atoms with Gasteiger partial charge in [0.05, 0.1) is 6.10 Å². The van der Waals surface area contributed by atoms with Gasteiger partial charge < -0.3 is 20.2 Å². The number of anilines is 1. The minimum atomic E-state index is -0.484. The number of aliphatic hydroxyl groups excluding tert-OH is 1. The van der Waals surface area contributed by atoms with Gasteiger partial charge in [0, 0.05) is 31.9 Å². The van der Waals surface area contributed by atoms with Crippen LogP contribution in [0.2, 0.25) is 0 Å². The Morgan fingerprint density at radius 3 is 2.32 bits per heavy atom. The summed E-state index contributed by atoms with van der Waals surface area (Å²) in [6, 6.07) is 7.22. The lowest BCUT2D eigenvalue weighted by Crippen LogP contribution is -2.48. The van der Waals surface area contributed by atoms with E-state index in [0.29, 0.717) is 0 Å². The number of nitrogens with zero attached hydrogens (tertiary/aromatic N) is 2. The summed E-state index contributed by atoms with van der Waals surface area (Å²) in [5, 5.41) is 12.3. The predicted octanol–water partition coefficient (Wildman–Crippen LogP) is 1.52. The van der Waals surface area contributed by atoms with Crippen molar-refractivity contribution in [1.82, 2.24) is 9.80 Å². The highest BCUT2D eigenvalue weighted by atomic mass is 16.3. The van der Waals surface area contributed by atoms with E-state index < -0.39 is 6.10 Å². The molecular formula is C14H21N3O2. The first-order chi connectivity index (χ1) is 9.06. The van der Waals surface area contributed by atoms with E-state index in [4.69, 9.17) is 0 Å². The number of piperazine rings is 1. The van der Waals surface area contributed by atoms with E-state index in [1.54, 1.807) is 6.92 Å². The molecule has 0 spiro atoms. The van der Waals surface area contributed by atoms with E-state index in [-0.39, 0.29) is 6.03 Å². The zero-order chi connectivity index (χ0) is 13.8. The lowest BCUT2D eigenvalue weighted by molar-refractivity contribution is 0.164. The third-order valence-electron chi connectivity index (χ3n) is 3.43. The van der Waals surface area contributed by atoms with Crippen LogP contribution in [0, 0.1) is 0 Å².